The molecule has 0 radical (unpaired) electrons. The Kier molecular flexibility index (Phi) is 5.27. The first-order valence-corrected chi connectivity index (χ1v) is 6.26. The molecular formula is C12H24N6. The highest BCUT2D eigenvalue weighted by atomic mass is 15.2. The van der Waals surface area contributed by atoms with Crippen LogP contribution in [0.4, 0.5) is 11.9 Å². The average molecular weight is 252 g/mol. The fourth-order valence-electron chi connectivity index (χ4n) is 1.94. The van der Waals surface area contributed by atoms with Gasteiger partial charge in [0.2, 0.25) is 11.9 Å². The quantitative estimate of drug-likeness (QED) is 0.790. The van der Waals surface area contributed by atoms with Crippen LogP contribution < -0.4 is 11.1 Å². The van der Waals surface area contributed by atoms with Gasteiger partial charge in [-0.3, -0.25) is 0 Å². The number of rotatable bonds is 6. The van der Waals surface area contributed by atoms with Crippen molar-refractivity contribution in [3.05, 3.63) is 5.82 Å². The molecule has 1 heterocycles. The Hall–Kier alpha value is -1.43. The minimum Gasteiger partial charge on any atom is -0.368 e. The second kappa shape index (κ2) is 6.49. The Bertz CT molecular complexity index is 347. The van der Waals surface area contributed by atoms with Gasteiger partial charge in [0, 0.05) is 12.6 Å². The van der Waals surface area contributed by atoms with Crippen LogP contribution in [-0.4, -0.2) is 46.5 Å². The van der Waals surface area contributed by atoms with Gasteiger partial charge in [-0.05, 0) is 33.4 Å². The fourth-order valence-corrected chi connectivity index (χ4v) is 1.94. The Balaban J connectivity index is 2.74. The molecule has 0 amide bonds. The second-order valence-electron chi connectivity index (χ2n) is 5.30. The van der Waals surface area contributed by atoms with Gasteiger partial charge in [-0.2, -0.15) is 15.0 Å². The normalized spacial score (nSPS) is 13.1. The molecule has 0 saturated heterocycles. The zero-order valence-corrected chi connectivity index (χ0v) is 11.9. The number of likely N-dealkylation sites (N-methyl/N-ethyl adjacent to an activating group) is 1. The van der Waals surface area contributed by atoms with Crippen LogP contribution >= 0.6 is 0 Å². The highest BCUT2D eigenvalue weighted by Gasteiger charge is 2.13. The molecule has 102 valence electrons. The van der Waals surface area contributed by atoms with Crippen LogP contribution in [0.1, 0.15) is 26.1 Å². The molecule has 1 unspecified atom stereocenters. The SMILES string of the molecule is Cc1nc(N)nc(NC(CC(C)C)CN(C)C)n1. The molecule has 0 aromatic carbocycles. The summed E-state index contributed by atoms with van der Waals surface area (Å²) in [4.78, 5) is 14.5. The number of nitrogens with two attached hydrogens (primary N) is 1. The van der Waals surface area contributed by atoms with E-state index in [1.807, 2.05) is 6.92 Å². The fraction of sp³-hybridized carbons (Fsp3) is 0.750. The van der Waals surface area contributed by atoms with E-state index in [9.17, 15) is 0 Å². The predicted octanol–water partition coefficient (Wildman–Crippen LogP) is 1.15. The number of nitrogen functional groups attached to an aromatic ring is 1. The van der Waals surface area contributed by atoms with Crippen molar-refractivity contribution in [1.82, 2.24) is 19.9 Å². The maximum atomic E-state index is 5.63. The van der Waals surface area contributed by atoms with Crippen molar-refractivity contribution in [1.29, 1.82) is 0 Å². The summed E-state index contributed by atoms with van der Waals surface area (Å²) in [6, 6.07) is 0.307. The molecule has 1 aromatic rings. The highest BCUT2D eigenvalue weighted by Crippen LogP contribution is 2.11. The number of hydrogen-bond acceptors (Lipinski definition) is 6. The molecule has 3 N–H and O–H groups in total. The molecule has 18 heavy (non-hydrogen) atoms. The molecule has 6 nitrogen and oxygen atoms in total. The van der Waals surface area contributed by atoms with Crippen molar-refractivity contribution in [3.63, 3.8) is 0 Å². The minimum atomic E-state index is 0.262. The molecule has 6 heteroatoms. The van der Waals surface area contributed by atoms with Gasteiger partial charge in [0.15, 0.2) is 0 Å². The molecule has 0 saturated carbocycles. The van der Waals surface area contributed by atoms with Crippen molar-refractivity contribution >= 4 is 11.9 Å². The van der Waals surface area contributed by atoms with Crippen LogP contribution in [0.5, 0.6) is 0 Å². The summed E-state index contributed by atoms with van der Waals surface area (Å²) < 4.78 is 0. The van der Waals surface area contributed by atoms with E-state index in [0.29, 0.717) is 23.7 Å². The number of nitrogens with zero attached hydrogens (tertiary/aromatic N) is 4. The Morgan fingerprint density at radius 2 is 1.89 bits per heavy atom. The van der Waals surface area contributed by atoms with Crippen LogP contribution in [-0.2, 0) is 0 Å². The summed E-state index contributed by atoms with van der Waals surface area (Å²) in [5, 5.41) is 3.34. The van der Waals surface area contributed by atoms with Crippen molar-refractivity contribution in [2.75, 3.05) is 31.7 Å². The van der Waals surface area contributed by atoms with Crippen molar-refractivity contribution in [2.24, 2.45) is 5.92 Å². The van der Waals surface area contributed by atoms with Gasteiger partial charge in [0.05, 0.1) is 0 Å². The molecular weight excluding hydrogens is 228 g/mol. The average Bonchev–Trinajstić information content (AvgIpc) is 2.12. The lowest BCUT2D eigenvalue weighted by molar-refractivity contribution is 0.355. The van der Waals surface area contributed by atoms with Gasteiger partial charge in [0.25, 0.3) is 0 Å². The largest absolute Gasteiger partial charge is 0.368 e. The molecule has 0 aliphatic heterocycles. The number of hydrogen-bond donors (Lipinski definition) is 2. The van der Waals surface area contributed by atoms with Gasteiger partial charge >= 0.3 is 0 Å². The van der Waals surface area contributed by atoms with Crippen LogP contribution in [0.25, 0.3) is 0 Å². The van der Waals surface area contributed by atoms with Crippen LogP contribution in [0.2, 0.25) is 0 Å². The summed E-state index contributed by atoms with van der Waals surface area (Å²) in [6.45, 7) is 7.16. The van der Waals surface area contributed by atoms with Gasteiger partial charge in [-0.15, -0.1) is 0 Å². The molecule has 0 bridgehead atoms. The van der Waals surface area contributed by atoms with E-state index < -0.39 is 0 Å². The van der Waals surface area contributed by atoms with E-state index in [1.165, 1.54) is 0 Å². The molecule has 0 aliphatic carbocycles. The maximum absolute atomic E-state index is 5.63. The minimum absolute atomic E-state index is 0.262. The molecule has 0 spiro atoms. The van der Waals surface area contributed by atoms with Gasteiger partial charge < -0.3 is 16.0 Å². The smallest absolute Gasteiger partial charge is 0.227 e. The summed E-state index contributed by atoms with van der Waals surface area (Å²) in [7, 11) is 4.12. The number of anilines is 2. The number of nitrogens with one attached hydrogen (secondary N) is 1. The first-order chi connectivity index (χ1) is 8.36. The Morgan fingerprint density at radius 3 is 2.39 bits per heavy atom. The number of aryl methyl sites for hydroxylation is 1. The van der Waals surface area contributed by atoms with Crippen molar-refractivity contribution in [3.8, 4) is 0 Å². The monoisotopic (exact) mass is 252 g/mol. The molecule has 0 aliphatic rings. The van der Waals surface area contributed by atoms with Crippen molar-refractivity contribution in [2.45, 2.75) is 33.2 Å². The lowest BCUT2D eigenvalue weighted by Gasteiger charge is -2.24. The Morgan fingerprint density at radius 1 is 1.22 bits per heavy atom. The van der Waals surface area contributed by atoms with Crippen molar-refractivity contribution < 1.29 is 0 Å². The summed E-state index contributed by atoms with van der Waals surface area (Å²) in [5.74, 6) is 2.08. The zero-order chi connectivity index (χ0) is 13.7. The Labute approximate surface area is 109 Å². The third-order valence-electron chi connectivity index (χ3n) is 2.44. The van der Waals surface area contributed by atoms with E-state index in [2.05, 4.69) is 53.1 Å². The van der Waals surface area contributed by atoms with Crippen LogP contribution in [0, 0.1) is 12.8 Å². The van der Waals surface area contributed by atoms with E-state index in [4.69, 9.17) is 5.73 Å². The molecule has 1 atom stereocenters. The summed E-state index contributed by atoms with van der Waals surface area (Å²) in [6.07, 6.45) is 1.06. The lowest BCUT2D eigenvalue weighted by Crippen LogP contribution is -2.34. The van der Waals surface area contributed by atoms with Gasteiger partial charge in [0.1, 0.15) is 5.82 Å². The van der Waals surface area contributed by atoms with Crippen LogP contribution in [0.3, 0.4) is 0 Å². The van der Waals surface area contributed by atoms with E-state index in [1.54, 1.807) is 0 Å². The lowest BCUT2D eigenvalue weighted by atomic mass is 10.0. The molecule has 1 rings (SSSR count). The van der Waals surface area contributed by atoms with Crippen LogP contribution in [0.15, 0.2) is 0 Å². The van der Waals surface area contributed by atoms with Gasteiger partial charge in [-0.1, -0.05) is 13.8 Å². The first-order valence-electron chi connectivity index (χ1n) is 6.26. The zero-order valence-electron chi connectivity index (χ0n) is 11.9. The first kappa shape index (κ1) is 14.6. The highest BCUT2D eigenvalue weighted by molar-refractivity contribution is 5.32. The number of aromatic nitrogens is 3. The third-order valence-corrected chi connectivity index (χ3v) is 2.44. The standard InChI is InChI=1S/C12H24N6/c1-8(2)6-10(7-18(4)5)16-12-15-9(3)14-11(13)17-12/h8,10H,6-7H2,1-5H3,(H3,13,14,15,16,17). The van der Waals surface area contributed by atoms with E-state index in [-0.39, 0.29) is 5.95 Å². The second-order valence-corrected chi connectivity index (χ2v) is 5.30. The van der Waals surface area contributed by atoms with E-state index in [0.717, 1.165) is 13.0 Å². The summed E-state index contributed by atoms with van der Waals surface area (Å²) >= 11 is 0. The predicted molar refractivity (Wildman–Crippen MR) is 74.4 cm³/mol. The van der Waals surface area contributed by atoms with Gasteiger partial charge in [-0.25, -0.2) is 0 Å². The summed E-state index contributed by atoms with van der Waals surface area (Å²) in [5.41, 5.74) is 5.63. The van der Waals surface area contributed by atoms with E-state index >= 15 is 0 Å². The topological polar surface area (TPSA) is 80.0 Å². The maximum Gasteiger partial charge on any atom is 0.227 e. The third kappa shape index (κ3) is 5.27. The molecule has 1 aromatic heterocycles. The molecule has 0 fully saturated rings.